The van der Waals surface area contributed by atoms with Gasteiger partial charge in [0.1, 0.15) is 0 Å². The molecule has 10 atom stereocenters. The summed E-state index contributed by atoms with van der Waals surface area (Å²) >= 11 is 0. The van der Waals surface area contributed by atoms with Crippen molar-refractivity contribution in [3.8, 4) is 0 Å². The highest BCUT2D eigenvalue weighted by Gasteiger charge is 2.62. The van der Waals surface area contributed by atoms with Gasteiger partial charge in [-0.25, -0.2) is 0 Å². The lowest BCUT2D eigenvalue weighted by molar-refractivity contribution is -0.174. The van der Waals surface area contributed by atoms with Crippen LogP contribution in [0.1, 0.15) is 105 Å². The fourth-order valence-corrected chi connectivity index (χ4v) is 9.23. The molecule has 4 rings (SSSR count). The molecule has 4 saturated carbocycles. The molecule has 0 aliphatic heterocycles. The molecule has 0 saturated heterocycles. The molecule has 4 aliphatic rings. The Kier molecular flexibility index (Phi) is 6.17. The number of fused-ring (bicyclic) bond motifs is 5. The van der Waals surface area contributed by atoms with Crippen LogP contribution in [0.2, 0.25) is 0 Å². The largest absolute Gasteiger partial charge is 0.393 e. The van der Waals surface area contributed by atoms with Gasteiger partial charge in [0.25, 0.3) is 0 Å². The van der Waals surface area contributed by atoms with Gasteiger partial charge in [0.05, 0.1) is 17.8 Å². The fraction of sp³-hybridized carbons (Fsp3) is 1.00. The first-order chi connectivity index (χ1) is 14.0. The van der Waals surface area contributed by atoms with Crippen LogP contribution in [0.15, 0.2) is 0 Å². The van der Waals surface area contributed by atoms with Crippen LogP contribution < -0.4 is 0 Å². The first-order valence-electron chi connectivity index (χ1n) is 13.0. The number of rotatable bonds is 5. The Labute approximate surface area is 185 Å². The maximum Gasteiger partial charge on any atom is 0.0591 e. The van der Waals surface area contributed by atoms with E-state index < -0.39 is 5.60 Å². The number of aliphatic hydroxyl groups is 3. The van der Waals surface area contributed by atoms with Gasteiger partial charge in [0, 0.05) is 0 Å². The second kappa shape index (κ2) is 8.03. The molecule has 0 heterocycles. The number of hydrogen-bond acceptors (Lipinski definition) is 3. The van der Waals surface area contributed by atoms with E-state index in [1.165, 1.54) is 32.1 Å². The highest BCUT2D eigenvalue weighted by Crippen LogP contribution is 2.68. The molecule has 0 aromatic carbocycles. The molecular formula is C27H48O3. The Hall–Kier alpha value is -0.120. The fourth-order valence-electron chi connectivity index (χ4n) is 9.23. The molecule has 174 valence electrons. The highest BCUT2D eigenvalue weighted by atomic mass is 16.3. The first-order valence-corrected chi connectivity index (χ1v) is 13.0. The zero-order valence-electron chi connectivity index (χ0n) is 20.2. The van der Waals surface area contributed by atoms with Crippen LogP contribution in [-0.2, 0) is 0 Å². The average Bonchev–Trinajstić information content (AvgIpc) is 2.99. The van der Waals surface area contributed by atoms with Crippen LogP contribution in [0.4, 0.5) is 0 Å². The molecule has 3 nitrogen and oxygen atoms in total. The van der Waals surface area contributed by atoms with Gasteiger partial charge in [-0.05, 0) is 118 Å². The van der Waals surface area contributed by atoms with E-state index in [4.69, 9.17) is 0 Å². The van der Waals surface area contributed by atoms with Gasteiger partial charge in [-0.3, -0.25) is 0 Å². The van der Waals surface area contributed by atoms with Gasteiger partial charge < -0.3 is 15.3 Å². The molecule has 0 radical (unpaired) electrons. The van der Waals surface area contributed by atoms with Crippen molar-refractivity contribution in [1.29, 1.82) is 0 Å². The summed E-state index contributed by atoms with van der Waals surface area (Å²) in [6.45, 7) is 11.4. The van der Waals surface area contributed by atoms with Crippen molar-refractivity contribution in [2.24, 2.45) is 46.3 Å². The van der Waals surface area contributed by atoms with Crippen molar-refractivity contribution < 1.29 is 15.3 Å². The quantitative estimate of drug-likeness (QED) is 0.546. The monoisotopic (exact) mass is 420 g/mol. The second-order valence-electron chi connectivity index (χ2n) is 13.1. The van der Waals surface area contributed by atoms with Crippen molar-refractivity contribution in [1.82, 2.24) is 0 Å². The summed E-state index contributed by atoms with van der Waals surface area (Å²) < 4.78 is 0. The topological polar surface area (TPSA) is 60.7 Å². The van der Waals surface area contributed by atoms with Crippen molar-refractivity contribution in [2.75, 3.05) is 0 Å². The zero-order chi connectivity index (χ0) is 21.9. The summed E-state index contributed by atoms with van der Waals surface area (Å²) in [6, 6.07) is 0. The zero-order valence-corrected chi connectivity index (χ0v) is 20.2. The lowest BCUT2D eigenvalue weighted by Gasteiger charge is -2.62. The van der Waals surface area contributed by atoms with E-state index in [0.717, 1.165) is 44.4 Å². The number of hydrogen-bond donors (Lipinski definition) is 3. The molecule has 0 unspecified atom stereocenters. The standard InChI is InChI=1S/C27H48O3/c1-17(7-6-12-25(2,3)30)20-8-9-21-24-22(11-14-27(20,21)5)26(4)13-10-19(28)15-18(26)16-23(24)29/h17-24,28-30H,6-16H2,1-5H3/t17-,18-,19+,20-,21+,22+,23-,24+,26+,27-/m1/s1. The summed E-state index contributed by atoms with van der Waals surface area (Å²) in [6.07, 6.45) is 12.0. The number of aliphatic hydroxyl groups excluding tert-OH is 2. The second-order valence-corrected chi connectivity index (χ2v) is 13.1. The van der Waals surface area contributed by atoms with E-state index in [0.29, 0.717) is 40.4 Å². The Balaban J connectivity index is 1.49. The minimum atomic E-state index is -0.550. The molecule has 3 N–H and O–H groups in total. The summed E-state index contributed by atoms with van der Waals surface area (Å²) in [5.74, 6) is 3.73. The summed E-state index contributed by atoms with van der Waals surface area (Å²) in [5, 5.41) is 31.7. The molecule has 0 bridgehead atoms. The van der Waals surface area contributed by atoms with E-state index in [-0.39, 0.29) is 12.2 Å². The molecule has 0 amide bonds. The van der Waals surface area contributed by atoms with E-state index in [9.17, 15) is 15.3 Å². The summed E-state index contributed by atoms with van der Waals surface area (Å²) in [4.78, 5) is 0. The minimum Gasteiger partial charge on any atom is -0.393 e. The van der Waals surface area contributed by atoms with Gasteiger partial charge in [-0.2, -0.15) is 0 Å². The molecule has 3 heteroatoms. The van der Waals surface area contributed by atoms with Gasteiger partial charge in [-0.15, -0.1) is 0 Å². The third-order valence-corrected chi connectivity index (χ3v) is 10.9. The molecular weight excluding hydrogens is 372 g/mol. The van der Waals surface area contributed by atoms with Gasteiger partial charge in [-0.1, -0.05) is 33.6 Å². The van der Waals surface area contributed by atoms with Crippen LogP contribution in [0.25, 0.3) is 0 Å². The van der Waals surface area contributed by atoms with Crippen LogP contribution in [0, 0.1) is 46.3 Å². The lowest BCUT2D eigenvalue weighted by Crippen LogP contribution is -2.58. The third-order valence-electron chi connectivity index (χ3n) is 10.9. The lowest BCUT2D eigenvalue weighted by atomic mass is 9.43. The summed E-state index contributed by atoms with van der Waals surface area (Å²) in [5.41, 5.74) is 0.139. The van der Waals surface area contributed by atoms with Gasteiger partial charge in [0.15, 0.2) is 0 Å². The van der Waals surface area contributed by atoms with Crippen molar-refractivity contribution >= 4 is 0 Å². The van der Waals surface area contributed by atoms with Crippen LogP contribution >= 0.6 is 0 Å². The normalized spacial score (nSPS) is 49.8. The van der Waals surface area contributed by atoms with Crippen LogP contribution in [0.5, 0.6) is 0 Å². The smallest absolute Gasteiger partial charge is 0.0591 e. The third kappa shape index (κ3) is 3.90. The Morgan fingerprint density at radius 2 is 1.60 bits per heavy atom. The van der Waals surface area contributed by atoms with E-state index in [2.05, 4.69) is 20.8 Å². The average molecular weight is 421 g/mol. The minimum absolute atomic E-state index is 0.152. The van der Waals surface area contributed by atoms with E-state index in [1.54, 1.807) is 0 Å². The van der Waals surface area contributed by atoms with Crippen molar-refractivity contribution in [2.45, 2.75) is 123 Å². The molecule has 0 aromatic heterocycles. The van der Waals surface area contributed by atoms with E-state index >= 15 is 0 Å². The van der Waals surface area contributed by atoms with Crippen LogP contribution in [-0.4, -0.2) is 33.1 Å². The van der Waals surface area contributed by atoms with Crippen molar-refractivity contribution in [3.05, 3.63) is 0 Å². The first kappa shape index (κ1) is 23.1. The molecule has 0 aromatic rings. The molecule has 4 aliphatic carbocycles. The maximum absolute atomic E-state index is 11.4. The van der Waals surface area contributed by atoms with Crippen molar-refractivity contribution in [3.63, 3.8) is 0 Å². The van der Waals surface area contributed by atoms with E-state index in [1.807, 2.05) is 13.8 Å². The molecule has 4 fully saturated rings. The molecule has 0 spiro atoms. The van der Waals surface area contributed by atoms with Gasteiger partial charge in [0.2, 0.25) is 0 Å². The predicted molar refractivity (Wildman–Crippen MR) is 122 cm³/mol. The Morgan fingerprint density at radius 3 is 2.30 bits per heavy atom. The Morgan fingerprint density at radius 1 is 0.933 bits per heavy atom. The maximum atomic E-state index is 11.4. The SMILES string of the molecule is C[C@H](CCCC(C)(C)O)[C@H]1CC[C@H]2[C@@H]3[C@H](O)C[C@H]4C[C@@H](O)CC[C@]4(C)[C@H]3CC[C@]12C. The van der Waals surface area contributed by atoms with Gasteiger partial charge >= 0.3 is 0 Å². The van der Waals surface area contributed by atoms with Crippen LogP contribution in [0.3, 0.4) is 0 Å². The summed E-state index contributed by atoms with van der Waals surface area (Å²) in [7, 11) is 0. The highest BCUT2D eigenvalue weighted by molar-refractivity contribution is 5.11. The molecule has 30 heavy (non-hydrogen) atoms. The Bertz CT molecular complexity index is 612. The predicted octanol–water partition coefficient (Wildman–Crippen LogP) is 5.55.